The molecule has 106 valence electrons. The molecule has 0 aliphatic rings. The van der Waals surface area contributed by atoms with E-state index in [2.05, 4.69) is 0 Å². The lowest BCUT2D eigenvalue weighted by molar-refractivity contribution is -0.385. The molecule has 0 N–H and O–H groups in total. The normalized spacial score (nSPS) is 9.95. The fourth-order valence-corrected chi connectivity index (χ4v) is 2.18. The molecule has 2 aromatic carbocycles. The summed E-state index contributed by atoms with van der Waals surface area (Å²) in [5.74, 6) is 0.249. The number of halogens is 2. The van der Waals surface area contributed by atoms with Crippen LogP contribution in [0.1, 0.15) is 11.1 Å². The van der Waals surface area contributed by atoms with E-state index in [0.29, 0.717) is 0 Å². The van der Waals surface area contributed by atoms with Gasteiger partial charge in [0.25, 0.3) is 5.69 Å². The van der Waals surface area contributed by atoms with Crippen molar-refractivity contribution in [1.29, 1.82) is 5.26 Å². The third-order valence-electron chi connectivity index (χ3n) is 2.75. The van der Waals surface area contributed by atoms with Crippen LogP contribution in [0.5, 0.6) is 5.75 Å². The molecule has 7 heteroatoms. The van der Waals surface area contributed by atoms with Crippen molar-refractivity contribution < 1.29 is 9.66 Å². The second kappa shape index (κ2) is 6.44. The van der Waals surface area contributed by atoms with Crippen LogP contribution in [0.2, 0.25) is 10.0 Å². The van der Waals surface area contributed by atoms with Gasteiger partial charge in [-0.25, -0.2) is 0 Å². The van der Waals surface area contributed by atoms with E-state index in [4.69, 9.17) is 33.2 Å². The molecule has 0 radical (unpaired) electrons. The Morgan fingerprint density at radius 1 is 1.19 bits per heavy atom. The zero-order valence-corrected chi connectivity index (χ0v) is 12.1. The molecule has 0 aromatic heterocycles. The predicted molar refractivity (Wildman–Crippen MR) is 78.6 cm³/mol. The van der Waals surface area contributed by atoms with E-state index in [1.165, 1.54) is 18.2 Å². The standard InChI is InChI=1S/C14H8Cl2N2O3/c15-11-4-2-6-14(9(11)7-17)21-8-10-12(16)3-1-5-13(10)18(19)20/h1-6H,8H2. The average Bonchev–Trinajstić information content (AvgIpc) is 2.45. The van der Waals surface area contributed by atoms with Gasteiger partial charge >= 0.3 is 0 Å². The highest BCUT2D eigenvalue weighted by atomic mass is 35.5. The molecule has 5 nitrogen and oxygen atoms in total. The van der Waals surface area contributed by atoms with Crippen LogP contribution in [0.3, 0.4) is 0 Å². The van der Waals surface area contributed by atoms with Crippen molar-refractivity contribution in [2.45, 2.75) is 6.61 Å². The summed E-state index contributed by atoms with van der Waals surface area (Å²) < 4.78 is 5.47. The van der Waals surface area contributed by atoms with E-state index in [9.17, 15) is 10.1 Å². The summed E-state index contributed by atoms with van der Waals surface area (Å²) in [5, 5.41) is 20.5. The largest absolute Gasteiger partial charge is 0.487 e. The molecular weight excluding hydrogens is 315 g/mol. The first-order valence-electron chi connectivity index (χ1n) is 5.77. The lowest BCUT2D eigenvalue weighted by Gasteiger charge is -2.10. The van der Waals surface area contributed by atoms with Gasteiger partial charge in [0, 0.05) is 6.07 Å². The van der Waals surface area contributed by atoms with E-state index in [0.717, 1.165) is 0 Å². The van der Waals surface area contributed by atoms with Crippen molar-refractivity contribution in [3.63, 3.8) is 0 Å². The predicted octanol–water partition coefficient (Wildman–Crippen LogP) is 4.35. The summed E-state index contributed by atoms with van der Waals surface area (Å²) in [6.45, 7) is -0.134. The van der Waals surface area contributed by atoms with Crippen molar-refractivity contribution >= 4 is 28.9 Å². The van der Waals surface area contributed by atoms with E-state index in [1.807, 2.05) is 6.07 Å². The summed E-state index contributed by atoms with van der Waals surface area (Å²) in [7, 11) is 0. The summed E-state index contributed by atoms with van der Waals surface area (Å²) in [5.41, 5.74) is 0.282. The molecule has 0 aliphatic heterocycles. The van der Waals surface area contributed by atoms with Crippen LogP contribution in [-0.4, -0.2) is 4.92 Å². The van der Waals surface area contributed by atoms with Crippen molar-refractivity contribution in [3.8, 4) is 11.8 Å². The lowest BCUT2D eigenvalue weighted by Crippen LogP contribution is -2.02. The first-order chi connectivity index (χ1) is 10.0. The van der Waals surface area contributed by atoms with Gasteiger partial charge in [0.2, 0.25) is 0 Å². The summed E-state index contributed by atoms with van der Waals surface area (Å²) in [4.78, 5) is 10.4. The Labute approximate surface area is 130 Å². The number of hydrogen-bond acceptors (Lipinski definition) is 4. The quantitative estimate of drug-likeness (QED) is 0.619. The van der Waals surface area contributed by atoms with Crippen LogP contribution in [0.4, 0.5) is 5.69 Å². The maximum Gasteiger partial charge on any atom is 0.277 e. The number of nitrogens with zero attached hydrogens (tertiary/aromatic N) is 2. The highest BCUT2D eigenvalue weighted by molar-refractivity contribution is 6.32. The van der Waals surface area contributed by atoms with Crippen LogP contribution >= 0.6 is 23.2 Å². The SMILES string of the molecule is N#Cc1c(Cl)cccc1OCc1c(Cl)cccc1[N+](=O)[O-]. The number of nitro groups is 1. The fraction of sp³-hybridized carbons (Fsp3) is 0.0714. The molecule has 2 aromatic rings. The van der Waals surface area contributed by atoms with Gasteiger partial charge in [-0.1, -0.05) is 35.3 Å². The van der Waals surface area contributed by atoms with Crippen LogP contribution in [0, 0.1) is 21.4 Å². The Balaban J connectivity index is 2.32. The van der Waals surface area contributed by atoms with Gasteiger partial charge in [0.15, 0.2) is 0 Å². The second-order valence-electron chi connectivity index (χ2n) is 4.01. The van der Waals surface area contributed by atoms with Crippen molar-refractivity contribution in [2.24, 2.45) is 0 Å². The fourth-order valence-electron chi connectivity index (χ4n) is 1.74. The van der Waals surface area contributed by atoms with Crippen LogP contribution in [0.25, 0.3) is 0 Å². The number of hydrogen-bond donors (Lipinski definition) is 0. The first kappa shape index (κ1) is 15.1. The third-order valence-corrected chi connectivity index (χ3v) is 3.42. The Hall–Kier alpha value is -2.29. The number of ether oxygens (including phenoxy) is 1. The molecule has 0 unspecified atom stereocenters. The van der Waals surface area contributed by atoms with Crippen molar-refractivity contribution in [3.05, 3.63) is 67.7 Å². The minimum atomic E-state index is -0.534. The summed E-state index contributed by atoms with van der Waals surface area (Å²) in [6.07, 6.45) is 0. The van der Waals surface area contributed by atoms with Gasteiger partial charge < -0.3 is 4.74 Å². The smallest absolute Gasteiger partial charge is 0.277 e. The van der Waals surface area contributed by atoms with Gasteiger partial charge in [-0.3, -0.25) is 10.1 Å². The minimum Gasteiger partial charge on any atom is -0.487 e. The van der Waals surface area contributed by atoms with E-state index < -0.39 is 4.92 Å². The lowest BCUT2D eigenvalue weighted by atomic mass is 10.2. The van der Waals surface area contributed by atoms with Crippen molar-refractivity contribution in [1.82, 2.24) is 0 Å². The Morgan fingerprint density at radius 3 is 2.52 bits per heavy atom. The molecule has 0 heterocycles. The molecule has 0 saturated carbocycles. The minimum absolute atomic E-state index is 0.134. The van der Waals surface area contributed by atoms with E-state index in [1.54, 1.807) is 18.2 Å². The zero-order chi connectivity index (χ0) is 15.4. The Kier molecular flexibility index (Phi) is 4.63. The van der Waals surface area contributed by atoms with Gasteiger partial charge in [-0.2, -0.15) is 5.26 Å². The summed E-state index contributed by atoms with van der Waals surface area (Å²) >= 11 is 11.9. The van der Waals surface area contributed by atoms with E-state index in [-0.39, 0.29) is 39.2 Å². The molecular formula is C14H8Cl2N2O3. The molecule has 0 bridgehead atoms. The molecule has 0 atom stereocenters. The van der Waals surface area contributed by atoms with E-state index >= 15 is 0 Å². The van der Waals surface area contributed by atoms with Crippen LogP contribution in [-0.2, 0) is 6.61 Å². The van der Waals surface area contributed by atoms with Gasteiger partial charge in [-0.05, 0) is 18.2 Å². The highest BCUT2D eigenvalue weighted by Gasteiger charge is 2.18. The number of nitro benzene ring substituents is 1. The molecule has 0 saturated heterocycles. The van der Waals surface area contributed by atoms with Crippen molar-refractivity contribution in [2.75, 3.05) is 0 Å². The highest BCUT2D eigenvalue weighted by Crippen LogP contribution is 2.30. The maximum absolute atomic E-state index is 11.0. The van der Waals surface area contributed by atoms with Crippen LogP contribution in [0.15, 0.2) is 36.4 Å². The van der Waals surface area contributed by atoms with Gasteiger partial charge in [0.05, 0.1) is 20.5 Å². The Bertz CT molecular complexity index is 741. The monoisotopic (exact) mass is 322 g/mol. The van der Waals surface area contributed by atoms with Gasteiger partial charge in [-0.15, -0.1) is 0 Å². The molecule has 0 fully saturated rings. The number of rotatable bonds is 4. The zero-order valence-electron chi connectivity index (χ0n) is 10.5. The number of benzene rings is 2. The second-order valence-corrected chi connectivity index (χ2v) is 4.82. The first-order valence-corrected chi connectivity index (χ1v) is 6.53. The summed E-state index contributed by atoms with van der Waals surface area (Å²) in [6, 6.07) is 11.0. The molecule has 21 heavy (non-hydrogen) atoms. The molecule has 2 rings (SSSR count). The topological polar surface area (TPSA) is 76.2 Å². The molecule has 0 spiro atoms. The van der Waals surface area contributed by atoms with Gasteiger partial charge in [0.1, 0.15) is 24.0 Å². The molecule has 0 amide bonds. The average molecular weight is 323 g/mol. The maximum atomic E-state index is 11.0. The molecule has 0 aliphatic carbocycles. The van der Waals surface area contributed by atoms with Crippen LogP contribution < -0.4 is 4.74 Å². The third kappa shape index (κ3) is 3.24. The Morgan fingerprint density at radius 2 is 1.86 bits per heavy atom. The number of nitriles is 1.